The van der Waals surface area contributed by atoms with E-state index < -0.39 is 5.60 Å². The molecule has 1 atom stereocenters. The van der Waals surface area contributed by atoms with Crippen molar-refractivity contribution < 1.29 is 9.90 Å². The van der Waals surface area contributed by atoms with Crippen molar-refractivity contribution in [3.8, 4) is 0 Å². The molecule has 0 aliphatic heterocycles. The largest absolute Gasteiger partial charge is 0.389 e. The van der Waals surface area contributed by atoms with E-state index in [0.29, 0.717) is 18.8 Å². The minimum Gasteiger partial charge on any atom is -0.389 e. The van der Waals surface area contributed by atoms with Crippen molar-refractivity contribution in [1.29, 1.82) is 0 Å². The summed E-state index contributed by atoms with van der Waals surface area (Å²) in [5, 5.41) is 22.0. The van der Waals surface area contributed by atoms with Crippen molar-refractivity contribution in [1.82, 2.24) is 20.4 Å². The van der Waals surface area contributed by atoms with Crippen LogP contribution in [0.3, 0.4) is 0 Å². The summed E-state index contributed by atoms with van der Waals surface area (Å²) in [5.74, 6) is -0.0886. The Kier molecular flexibility index (Phi) is 6.54. The zero-order valence-corrected chi connectivity index (χ0v) is 18.0. The van der Waals surface area contributed by atoms with E-state index in [1.54, 1.807) is 0 Å². The number of carbonyl (C=O) groups excluding carboxylic acids is 1. The first-order valence-corrected chi connectivity index (χ1v) is 11.4. The van der Waals surface area contributed by atoms with Crippen molar-refractivity contribution in [3.05, 3.63) is 52.8 Å². The summed E-state index contributed by atoms with van der Waals surface area (Å²) >= 11 is 0. The minimum atomic E-state index is -0.564. The molecule has 0 radical (unpaired) electrons. The zero-order chi connectivity index (χ0) is 21.0. The van der Waals surface area contributed by atoms with Gasteiger partial charge in [0.15, 0.2) is 5.69 Å². The first kappa shape index (κ1) is 21.1. The molecule has 0 bridgehead atoms. The number of amides is 1. The smallest absolute Gasteiger partial charge is 0.272 e. The van der Waals surface area contributed by atoms with E-state index in [2.05, 4.69) is 27.9 Å². The molecule has 0 spiro atoms. The number of aliphatic hydroxyl groups is 1. The van der Waals surface area contributed by atoms with Gasteiger partial charge in [-0.2, -0.15) is 5.10 Å². The lowest BCUT2D eigenvalue weighted by atomic mass is 9.84. The number of nitrogens with zero attached hydrogens (tertiary/aromatic N) is 2. The van der Waals surface area contributed by atoms with Crippen LogP contribution in [0.25, 0.3) is 0 Å². The van der Waals surface area contributed by atoms with Crippen molar-refractivity contribution in [3.63, 3.8) is 0 Å². The van der Waals surface area contributed by atoms with Crippen molar-refractivity contribution in [2.45, 2.75) is 69.4 Å². The van der Waals surface area contributed by atoms with Gasteiger partial charge in [-0.15, -0.1) is 0 Å². The van der Waals surface area contributed by atoms with Crippen LogP contribution in [0.1, 0.15) is 65.8 Å². The second-order valence-corrected chi connectivity index (χ2v) is 8.99. The van der Waals surface area contributed by atoms with Crippen LogP contribution >= 0.6 is 0 Å². The van der Waals surface area contributed by atoms with Gasteiger partial charge in [0, 0.05) is 37.4 Å². The summed E-state index contributed by atoms with van der Waals surface area (Å²) < 4.78 is 1.87. The molecular formula is C24H34N4O2. The van der Waals surface area contributed by atoms with Crippen molar-refractivity contribution >= 4 is 5.91 Å². The Labute approximate surface area is 179 Å². The van der Waals surface area contributed by atoms with Crippen LogP contribution in [-0.4, -0.2) is 45.5 Å². The summed E-state index contributed by atoms with van der Waals surface area (Å²) in [4.78, 5) is 12.8. The van der Waals surface area contributed by atoms with Crippen molar-refractivity contribution in [2.24, 2.45) is 7.05 Å². The third-order valence-corrected chi connectivity index (χ3v) is 6.72. The van der Waals surface area contributed by atoms with Gasteiger partial charge in [0.05, 0.1) is 5.60 Å². The van der Waals surface area contributed by atoms with E-state index in [0.717, 1.165) is 62.6 Å². The maximum Gasteiger partial charge on any atom is 0.272 e. The Morgan fingerprint density at radius 1 is 1.23 bits per heavy atom. The highest BCUT2D eigenvalue weighted by atomic mass is 16.3. The lowest BCUT2D eigenvalue weighted by Gasteiger charge is -2.34. The standard InChI is InChI=1S/C24H34N4O2/c1-28-21-11-10-19(26-17-24(30)13-6-3-7-14-24)16-20(21)22(27-28)23(29)25-15-12-18-8-4-2-5-9-18/h2,4-5,8-9,19,26,30H,3,6-7,10-17H2,1H3,(H,25,29). The molecule has 0 saturated heterocycles. The van der Waals surface area contributed by atoms with E-state index in [1.807, 2.05) is 29.9 Å². The van der Waals surface area contributed by atoms with E-state index in [4.69, 9.17) is 0 Å². The fraction of sp³-hybridized carbons (Fsp3) is 0.583. The highest BCUT2D eigenvalue weighted by Gasteiger charge is 2.32. The topological polar surface area (TPSA) is 79.2 Å². The van der Waals surface area contributed by atoms with Gasteiger partial charge in [-0.05, 0) is 44.1 Å². The van der Waals surface area contributed by atoms with Crippen LogP contribution in [0.2, 0.25) is 0 Å². The highest BCUT2D eigenvalue weighted by molar-refractivity contribution is 5.94. The summed E-state index contributed by atoms with van der Waals surface area (Å²) in [6.07, 6.45) is 8.76. The fourth-order valence-electron chi connectivity index (χ4n) is 4.92. The van der Waals surface area contributed by atoms with Gasteiger partial charge in [-0.25, -0.2) is 0 Å². The molecule has 1 fully saturated rings. The Bertz CT molecular complexity index is 856. The summed E-state index contributed by atoms with van der Waals surface area (Å²) in [6, 6.07) is 10.5. The van der Waals surface area contributed by atoms with E-state index in [1.165, 1.54) is 12.0 Å². The highest BCUT2D eigenvalue weighted by Crippen LogP contribution is 2.29. The number of aryl methyl sites for hydroxylation is 1. The summed E-state index contributed by atoms with van der Waals surface area (Å²) in [5.41, 5.74) is 3.44. The van der Waals surface area contributed by atoms with Crippen LogP contribution in [-0.2, 0) is 26.3 Å². The molecule has 4 rings (SSSR count). The van der Waals surface area contributed by atoms with Crippen molar-refractivity contribution in [2.75, 3.05) is 13.1 Å². The quantitative estimate of drug-likeness (QED) is 0.655. The molecule has 30 heavy (non-hydrogen) atoms. The van der Waals surface area contributed by atoms with E-state index in [9.17, 15) is 9.90 Å². The average Bonchev–Trinajstić information content (AvgIpc) is 3.10. The summed E-state index contributed by atoms with van der Waals surface area (Å²) in [7, 11) is 1.93. The number of benzene rings is 1. The second kappa shape index (κ2) is 9.31. The lowest BCUT2D eigenvalue weighted by Crippen LogP contribution is -2.47. The average molecular weight is 411 g/mol. The molecule has 1 saturated carbocycles. The number of hydrogen-bond acceptors (Lipinski definition) is 4. The number of hydrogen-bond donors (Lipinski definition) is 3. The molecule has 6 nitrogen and oxygen atoms in total. The monoisotopic (exact) mass is 410 g/mol. The molecule has 1 aromatic heterocycles. The van der Waals surface area contributed by atoms with E-state index >= 15 is 0 Å². The fourth-order valence-corrected chi connectivity index (χ4v) is 4.92. The lowest BCUT2D eigenvalue weighted by molar-refractivity contribution is 0.00228. The summed E-state index contributed by atoms with van der Waals surface area (Å²) in [6.45, 7) is 1.24. The third kappa shape index (κ3) is 4.93. The molecule has 1 unspecified atom stereocenters. The number of nitrogens with one attached hydrogen (secondary N) is 2. The van der Waals surface area contributed by atoms with Gasteiger partial charge >= 0.3 is 0 Å². The van der Waals surface area contributed by atoms with Crippen LogP contribution in [0, 0.1) is 0 Å². The number of carbonyl (C=O) groups is 1. The first-order valence-electron chi connectivity index (χ1n) is 11.4. The zero-order valence-electron chi connectivity index (χ0n) is 18.0. The van der Waals surface area contributed by atoms with Gasteiger partial charge in [-0.3, -0.25) is 9.48 Å². The minimum absolute atomic E-state index is 0.0886. The van der Waals surface area contributed by atoms with E-state index in [-0.39, 0.29) is 11.9 Å². The Hall–Kier alpha value is -2.18. The molecule has 1 aromatic carbocycles. The molecule has 1 amide bonds. The molecule has 2 aromatic rings. The first-order chi connectivity index (χ1) is 14.5. The third-order valence-electron chi connectivity index (χ3n) is 6.72. The van der Waals surface area contributed by atoms with Gasteiger partial charge in [0.2, 0.25) is 0 Å². The molecule has 2 aliphatic carbocycles. The maximum atomic E-state index is 12.8. The molecular weight excluding hydrogens is 376 g/mol. The molecule has 2 aliphatic rings. The van der Waals surface area contributed by atoms with Crippen LogP contribution < -0.4 is 10.6 Å². The van der Waals surface area contributed by atoms with Gasteiger partial charge < -0.3 is 15.7 Å². The SMILES string of the molecule is Cn1nc(C(=O)NCCc2ccccc2)c2c1CCC(NCC1(O)CCCCC1)C2. The number of fused-ring (bicyclic) bond motifs is 1. The normalized spacial score (nSPS) is 20.5. The van der Waals surface area contributed by atoms with Gasteiger partial charge in [0.1, 0.15) is 0 Å². The predicted octanol–water partition coefficient (Wildman–Crippen LogP) is 2.53. The maximum absolute atomic E-state index is 12.8. The second-order valence-electron chi connectivity index (χ2n) is 8.99. The molecule has 1 heterocycles. The Balaban J connectivity index is 1.35. The van der Waals surface area contributed by atoms with Gasteiger partial charge in [0.25, 0.3) is 5.91 Å². The van der Waals surface area contributed by atoms with Crippen LogP contribution in [0.5, 0.6) is 0 Å². The number of aromatic nitrogens is 2. The van der Waals surface area contributed by atoms with Crippen LogP contribution in [0.4, 0.5) is 0 Å². The Morgan fingerprint density at radius 3 is 2.77 bits per heavy atom. The molecule has 162 valence electrons. The molecule has 6 heteroatoms. The molecule has 3 N–H and O–H groups in total. The Morgan fingerprint density at radius 2 is 2.00 bits per heavy atom. The van der Waals surface area contributed by atoms with Crippen LogP contribution in [0.15, 0.2) is 30.3 Å². The number of rotatable bonds is 7. The predicted molar refractivity (Wildman–Crippen MR) is 118 cm³/mol. The van der Waals surface area contributed by atoms with Gasteiger partial charge in [-0.1, -0.05) is 49.6 Å².